The van der Waals surface area contributed by atoms with Gasteiger partial charge in [0.15, 0.2) is 0 Å². The van der Waals surface area contributed by atoms with Crippen molar-refractivity contribution in [2.45, 2.75) is 31.2 Å². The van der Waals surface area contributed by atoms with Gasteiger partial charge in [0.1, 0.15) is 5.82 Å². The third-order valence-corrected chi connectivity index (χ3v) is 5.58. The summed E-state index contributed by atoms with van der Waals surface area (Å²) in [6, 6.07) is 12.3. The average molecular weight is 348 g/mol. The highest BCUT2D eigenvalue weighted by Crippen LogP contribution is 2.43. The van der Waals surface area contributed by atoms with Crippen LogP contribution in [0.5, 0.6) is 0 Å². The van der Waals surface area contributed by atoms with Crippen molar-refractivity contribution in [2.75, 3.05) is 0 Å². The highest BCUT2D eigenvalue weighted by atomic mass is 19.1. The molecule has 0 aliphatic carbocycles. The van der Waals surface area contributed by atoms with Crippen LogP contribution in [0, 0.1) is 5.82 Å². The fraction of sp³-hybridized carbons (Fsp3) is 0.238. The second-order valence-corrected chi connectivity index (χ2v) is 7.03. The second kappa shape index (κ2) is 5.53. The van der Waals surface area contributed by atoms with Crippen molar-refractivity contribution in [3.05, 3.63) is 71.2 Å². The van der Waals surface area contributed by atoms with Gasteiger partial charge in [0.05, 0.1) is 17.4 Å². The molecule has 2 aromatic carbocycles. The van der Waals surface area contributed by atoms with Gasteiger partial charge in [-0.2, -0.15) is 0 Å². The Kier molecular flexibility index (Phi) is 3.26. The Bertz CT molecular complexity index is 1070. The van der Waals surface area contributed by atoms with Gasteiger partial charge in [0.25, 0.3) is 0 Å². The SMILES string of the molecule is O=C1NC(=O)[C@H](c2cn3c4c(cccc24)CCC3)[C@H]1c1ccccc1F. The smallest absolute Gasteiger partial charge is 0.235 e. The van der Waals surface area contributed by atoms with Crippen LogP contribution in [0.15, 0.2) is 48.7 Å². The second-order valence-electron chi connectivity index (χ2n) is 7.03. The average Bonchev–Trinajstić information content (AvgIpc) is 3.14. The van der Waals surface area contributed by atoms with Crippen LogP contribution >= 0.6 is 0 Å². The summed E-state index contributed by atoms with van der Waals surface area (Å²) in [4.78, 5) is 25.2. The van der Waals surface area contributed by atoms with Gasteiger partial charge < -0.3 is 4.57 Å². The van der Waals surface area contributed by atoms with Gasteiger partial charge in [-0.1, -0.05) is 36.4 Å². The third kappa shape index (κ3) is 2.06. The summed E-state index contributed by atoms with van der Waals surface area (Å²) in [6.45, 7) is 0.889. The lowest BCUT2D eigenvalue weighted by atomic mass is 9.82. The number of carbonyl (C=O) groups is 2. The van der Waals surface area contributed by atoms with E-state index < -0.39 is 23.6 Å². The summed E-state index contributed by atoms with van der Waals surface area (Å²) in [5.41, 5.74) is 3.47. The molecule has 1 N–H and O–H groups in total. The summed E-state index contributed by atoms with van der Waals surface area (Å²) < 4.78 is 16.6. The van der Waals surface area contributed by atoms with E-state index in [0.717, 1.165) is 35.9 Å². The van der Waals surface area contributed by atoms with Crippen molar-refractivity contribution in [2.24, 2.45) is 0 Å². The zero-order valence-corrected chi connectivity index (χ0v) is 14.0. The van der Waals surface area contributed by atoms with Crippen LogP contribution < -0.4 is 5.32 Å². The summed E-state index contributed by atoms with van der Waals surface area (Å²) in [7, 11) is 0. The topological polar surface area (TPSA) is 51.1 Å². The van der Waals surface area contributed by atoms with Gasteiger partial charge in [-0.3, -0.25) is 14.9 Å². The van der Waals surface area contributed by atoms with Crippen LogP contribution in [-0.4, -0.2) is 16.4 Å². The summed E-state index contributed by atoms with van der Waals surface area (Å²) >= 11 is 0. The molecule has 1 aromatic heterocycles. The maximum absolute atomic E-state index is 14.4. The van der Waals surface area contributed by atoms with Crippen LogP contribution in [0.2, 0.25) is 0 Å². The van der Waals surface area contributed by atoms with Crippen molar-refractivity contribution >= 4 is 22.7 Å². The Balaban J connectivity index is 1.73. The van der Waals surface area contributed by atoms with E-state index in [2.05, 4.69) is 16.0 Å². The number of benzene rings is 2. The fourth-order valence-corrected chi connectivity index (χ4v) is 4.48. The van der Waals surface area contributed by atoms with E-state index in [1.54, 1.807) is 18.2 Å². The Morgan fingerprint density at radius 3 is 2.54 bits per heavy atom. The molecule has 1 saturated heterocycles. The Labute approximate surface area is 149 Å². The van der Waals surface area contributed by atoms with Gasteiger partial charge in [-0.15, -0.1) is 0 Å². The molecule has 0 radical (unpaired) electrons. The minimum absolute atomic E-state index is 0.271. The molecular formula is C21H17FN2O2. The lowest BCUT2D eigenvalue weighted by Crippen LogP contribution is -2.22. The number of aryl methyl sites for hydroxylation is 2. The van der Waals surface area contributed by atoms with Gasteiger partial charge in [-0.25, -0.2) is 4.39 Å². The number of nitrogens with one attached hydrogen (secondary N) is 1. The number of aromatic nitrogens is 1. The number of amides is 2. The molecule has 5 rings (SSSR count). The molecule has 1 fully saturated rings. The predicted octanol–water partition coefficient (Wildman–Crippen LogP) is 3.25. The van der Waals surface area contributed by atoms with E-state index in [-0.39, 0.29) is 11.5 Å². The van der Waals surface area contributed by atoms with Gasteiger partial charge in [0.2, 0.25) is 11.8 Å². The van der Waals surface area contributed by atoms with Crippen LogP contribution in [0.4, 0.5) is 4.39 Å². The lowest BCUT2D eigenvalue weighted by molar-refractivity contribution is -0.125. The van der Waals surface area contributed by atoms with E-state index >= 15 is 0 Å². The molecule has 0 spiro atoms. The largest absolute Gasteiger partial charge is 0.347 e. The van der Waals surface area contributed by atoms with E-state index in [1.165, 1.54) is 11.6 Å². The Morgan fingerprint density at radius 2 is 1.73 bits per heavy atom. The molecule has 2 aliphatic heterocycles. The first kappa shape index (κ1) is 15.3. The number of halogens is 1. The quantitative estimate of drug-likeness (QED) is 0.723. The monoisotopic (exact) mass is 348 g/mol. The molecule has 0 saturated carbocycles. The van der Waals surface area contributed by atoms with E-state index in [1.807, 2.05) is 18.3 Å². The molecule has 2 amide bonds. The van der Waals surface area contributed by atoms with Crippen molar-refractivity contribution in [1.29, 1.82) is 0 Å². The molecule has 2 aliphatic rings. The van der Waals surface area contributed by atoms with Crippen molar-refractivity contribution in [3.63, 3.8) is 0 Å². The van der Waals surface area contributed by atoms with Crippen molar-refractivity contribution in [1.82, 2.24) is 9.88 Å². The number of rotatable bonds is 2. The van der Waals surface area contributed by atoms with E-state index in [0.29, 0.717) is 0 Å². The molecule has 2 atom stereocenters. The normalized spacial score (nSPS) is 22.0. The van der Waals surface area contributed by atoms with Gasteiger partial charge in [0, 0.05) is 23.7 Å². The fourth-order valence-electron chi connectivity index (χ4n) is 4.48. The summed E-state index contributed by atoms with van der Waals surface area (Å²) in [6.07, 6.45) is 4.03. The lowest BCUT2D eigenvalue weighted by Gasteiger charge is -2.16. The number of hydrogen-bond acceptors (Lipinski definition) is 2. The van der Waals surface area contributed by atoms with Gasteiger partial charge >= 0.3 is 0 Å². The predicted molar refractivity (Wildman–Crippen MR) is 95.3 cm³/mol. The number of imide groups is 1. The zero-order chi connectivity index (χ0) is 17.8. The van der Waals surface area contributed by atoms with Crippen LogP contribution in [0.3, 0.4) is 0 Å². The van der Waals surface area contributed by atoms with E-state index in [9.17, 15) is 14.0 Å². The number of para-hydroxylation sites is 1. The van der Waals surface area contributed by atoms with Crippen molar-refractivity contribution < 1.29 is 14.0 Å². The molecule has 0 bridgehead atoms. The van der Waals surface area contributed by atoms with Gasteiger partial charge in [-0.05, 0) is 30.0 Å². The molecule has 26 heavy (non-hydrogen) atoms. The highest BCUT2D eigenvalue weighted by molar-refractivity contribution is 6.12. The maximum Gasteiger partial charge on any atom is 0.235 e. The van der Waals surface area contributed by atoms with E-state index in [4.69, 9.17) is 0 Å². The summed E-state index contributed by atoms with van der Waals surface area (Å²) in [5, 5.41) is 3.39. The first-order chi connectivity index (χ1) is 12.6. The zero-order valence-electron chi connectivity index (χ0n) is 14.0. The molecule has 130 valence electrons. The number of hydrogen-bond donors (Lipinski definition) is 1. The molecule has 0 unspecified atom stereocenters. The first-order valence-electron chi connectivity index (χ1n) is 8.85. The minimum Gasteiger partial charge on any atom is -0.347 e. The summed E-state index contributed by atoms with van der Waals surface area (Å²) in [5.74, 6) is -2.80. The highest BCUT2D eigenvalue weighted by Gasteiger charge is 2.45. The minimum atomic E-state index is -0.841. The number of nitrogens with zero attached hydrogens (tertiary/aromatic N) is 1. The maximum atomic E-state index is 14.4. The van der Waals surface area contributed by atoms with Crippen LogP contribution in [-0.2, 0) is 22.6 Å². The molecule has 3 aromatic rings. The number of carbonyl (C=O) groups excluding carboxylic acids is 2. The molecule has 4 nitrogen and oxygen atoms in total. The van der Waals surface area contributed by atoms with Crippen LogP contribution in [0.1, 0.15) is 34.9 Å². The molecular weight excluding hydrogens is 331 g/mol. The first-order valence-corrected chi connectivity index (χ1v) is 8.85. The Morgan fingerprint density at radius 1 is 0.962 bits per heavy atom. The molecule has 5 heteroatoms. The van der Waals surface area contributed by atoms with Crippen molar-refractivity contribution in [3.8, 4) is 0 Å². The third-order valence-electron chi connectivity index (χ3n) is 5.58. The Hall–Kier alpha value is -2.95. The standard InChI is InChI=1S/C21H17FN2O2/c22-16-9-2-1-7-14(16)17-18(21(26)23-20(17)25)15-11-24-10-4-6-12-5-3-8-13(15)19(12)24/h1-3,5,7-9,11,17-18H,4,6,10H2,(H,23,25,26)/t17-,18-/m1/s1. The van der Waals surface area contributed by atoms with Crippen LogP contribution in [0.25, 0.3) is 10.9 Å². The molecule has 3 heterocycles.